The second kappa shape index (κ2) is 7.45. The molecule has 8 nitrogen and oxygen atoms in total. The second-order valence-electron chi connectivity index (χ2n) is 6.16. The van der Waals surface area contributed by atoms with E-state index in [4.69, 9.17) is 9.47 Å². The number of nitrogens with zero attached hydrogens (tertiary/aromatic N) is 4. The summed E-state index contributed by atoms with van der Waals surface area (Å²) in [5.74, 6) is 0.674. The number of para-hydroxylation sites is 1. The molecule has 0 unspecified atom stereocenters. The van der Waals surface area contributed by atoms with Crippen LogP contribution in [-0.4, -0.2) is 44.6 Å². The number of nitrogens with one attached hydrogen (secondary N) is 1. The maximum atomic E-state index is 12.8. The van der Waals surface area contributed by atoms with Gasteiger partial charge in [-0.1, -0.05) is 18.2 Å². The van der Waals surface area contributed by atoms with Crippen molar-refractivity contribution < 1.29 is 14.3 Å². The fourth-order valence-corrected chi connectivity index (χ4v) is 3.03. The lowest BCUT2D eigenvalue weighted by atomic mass is 10.0. The molecule has 0 spiro atoms. The molecular weight excluding hydrogens is 346 g/mol. The minimum Gasteiger partial charge on any atom is -0.487 e. The summed E-state index contributed by atoms with van der Waals surface area (Å²) in [6, 6.07) is 9.83. The van der Waals surface area contributed by atoms with Crippen molar-refractivity contribution in [1.82, 2.24) is 25.1 Å². The minimum absolute atomic E-state index is 0.112. The van der Waals surface area contributed by atoms with Crippen LogP contribution in [0.3, 0.4) is 0 Å². The van der Waals surface area contributed by atoms with Gasteiger partial charge in [-0.15, -0.1) is 0 Å². The number of methoxy groups -OCH3 is 1. The summed E-state index contributed by atoms with van der Waals surface area (Å²) < 4.78 is 10.7. The standard InChI is InChI=1S/C19H19N5O3/c1-26-19-20-9-13(10-21-19)18(25)24-8-7-16-15(11-24)17(23-22-16)12-27-14-5-3-2-4-6-14/h2-6,9-10H,7-8,11-12H2,1H3,(H,22,23). The molecule has 8 heteroatoms. The van der Waals surface area contributed by atoms with Crippen LogP contribution >= 0.6 is 0 Å². The Bertz CT molecular complexity index is 924. The number of carbonyl (C=O) groups is 1. The summed E-state index contributed by atoms with van der Waals surface area (Å²) in [4.78, 5) is 22.6. The lowest BCUT2D eigenvalue weighted by molar-refractivity contribution is 0.0732. The molecule has 0 fully saturated rings. The fourth-order valence-electron chi connectivity index (χ4n) is 3.03. The highest BCUT2D eigenvalue weighted by Gasteiger charge is 2.26. The van der Waals surface area contributed by atoms with Crippen molar-refractivity contribution in [2.45, 2.75) is 19.6 Å². The SMILES string of the molecule is COc1ncc(C(=O)N2CCc3[nH]nc(COc4ccccc4)c3C2)cn1. The molecule has 138 valence electrons. The first-order valence-corrected chi connectivity index (χ1v) is 8.62. The smallest absolute Gasteiger partial charge is 0.316 e. The van der Waals surface area contributed by atoms with Crippen LogP contribution in [0.2, 0.25) is 0 Å². The van der Waals surface area contributed by atoms with Crippen LogP contribution in [0.4, 0.5) is 0 Å². The van der Waals surface area contributed by atoms with Crippen molar-refractivity contribution in [2.75, 3.05) is 13.7 Å². The van der Waals surface area contributed by atoms with E-state index in [0.29, 0.717) is 25.3 Å². The predicted molar refractivity (Wildman–Crippen MR) is 96.4 cm³/mol. The van der Waals surface area contributed by atoms with Gasteiger partial charge in [-0.05, 0) is 12.1 Å². The monoisotopic (exact) mass is 365 g/mol. The third-order valence-electron chi connectivity index (χ3n) is 4.48. The molecule has 3 heterocycles. The normalized spacial score (nSPS) is 13.1. The van der Waals surface area contributed by atoms with Crippen molar-refractivity contribution in [3.05, 3.63) is 65.2 Å². The fraction of sp³-hybridized carbons (Fsp3) is 0.263. The number of H-pyrrole nitrogens is 1. The summed E-state index contributed by atoms with van der Waals surface area (Å²) in [7, 11) is 1.49. The maximum Gasteiger partial charge on any atom is 0.316 e. The zero-order valence-electron chi connectivity index (χ0n) is 14.9. The van der Waals surface area contributed by atoms with Crippen LogP contribution in [0.15, 0.2) is 42.7 Å². The van der Waals surface area contributed by atoms with Crippen molar-refractivity contribution in [1.29, 1.82) is 0 Å². The average molecular weight is 365 g/mol. The van der Waals surface area contributed by atoms with Crippen LogP contribution < -0.4 is 9.47 Å². The third-order valence-corrected chi connectivity index (χ3v) is 4.48. The first kappa shape index (κ1) is 17.0. The Morgan fingerprint density at radius 2 is 2.00 bits per heavy atom. The van der Waals surface area contributed by atoms with E-state index in [0.717, 1.165) is 29.1 Å². The van der Waals surface area contributed by atoms with Gasteiger partial charge in [0.15, 0.2) is 0 Å². The van der Waals surface area contributed by atoms with E-state index >= 15 is 0 Å². The molecule has 3 aromatic rings. The molecule has 1 N–H and O–H groups in total. The molecule has 1 aromatic carbocycles. The van der Waals surface area contributed by atoms with Crippen molar-refractivity contribution in [2.24, 2.45) is 0 Å². The van der Waals surface area contributed by atoms with Gasteiger partial charge in [0, 0.05) is 43.2 Å². The number of aromatic amines is 1. The Labute approximate surface area is 156 Å². The van der Waals surface area contributed by atoms with Gasteiger partial charge >= 0.3 is 6.01 Å². The summed E-state index contributed by atoms with van der Waals surface area (Å²) in [6.07, 6.45) is 3.69. The summed E-state index contributed by atoms with van der Waals surface area (Å²) in [6.45, 7) is 1.44. The Hall–Kier alpha value is -3.42. The molecule has 4 rings (SSSR count). The molecule has 0 aliphatic carbocycles. The quantitative estimate of drug-likeness (QED) is 0.743. The van der Waals surface area contributed by atoms with Crippen LogP contribution in [-0.2, 0) is 19.6 Å². The van der Waals surface area contributed by atoms with Gasteiger partial charge in [0.2, 0.25) is 0 Å². The highest BCUT2D eigenvalue weighted by Crippen LogP contribution is 2.23. The van der Waals surface area contributed by atoms with Crippen molar-refractivity contribution in [3.8, 4) is 11.8 Å². The highest BCUT2D eigenvalue weighted by atomic mass is 16.5. The number of hydrogen-bond donors (Lipinski definition) is 1. The van der Waals surface area contributed by atoms with E-state index in [2.05, 4.69) is 20.2 Å². The van der Waals surface area contributed by atoms with Gasteiger partial charge in [-0.2, -0.15) is 5.10 Å². The number of benzene rings is 1. The Morgan fingerprint density at radius 3 is 2.74 bits per heavy atom. The zero-order valence-corrected chi connectivity index (χ0v) is 14.9. The first-order chi connectivity index (χ1) is 13.2. The number of hydrogen-bond acceptors (Lipinski definition) is 6. The Kier molecular flexibility index (Phi) is 4.69. The highest BCUT2D eigenvalue weighted by molar-refractivity contribution is 5.93. The molecule has 1 aliphatic rings. The minimum atomic E-state index is -0.112. The van der Waals surface area contributed by atoms with Gasteiger partial charge < -0.3 is 14.4 Å². The van der Waals surface area contributed by atoms with Gasteiger partial charge in [0.05, 0.1) is 12.7 Å². The van der Waals surface area contributed by atoms with Gasteiger partial charge in [-0.3, -0.25) is 9.89 Å². The van der Waals surface area contributed by atoms with E-state index in [1.54, 1.807) is 4.90 Å². The van der Waals surface area contributed by atoms with Crippen LogP contribution in [0.1, 0.15) is 27.3 Å². The second-order valence-corrected chi connectivity index (χ2v) is 6.16. The van der Waals surface area contributed by atoms with Gasteiger partial charge in [-0.25, -0.2) is 9.97 Å². The molecular formula is C19H19N5O3. The topological polar surface area (TPSA) is 93.2 Å². The molecule has 0 saturated carbocycles. The van der Waals surface area contributed by atoms with Crippen LogP contribution in [0.5, 0.6) is 11.8 Å². The number of rotatable bonds is 5. The van der Waals surface area contributed by atoms with Gasteiger partial charge in [0.1, 0.15) is 18.1 Å². The largest absolute Gasteiger partial charge is 0.487 e. The lowest BCUT2D eigenvalue weighted by Gasteiger charge is -2.27. The van der Waals surface area contributed by atoms with E-state index in [1.165, 1.54) is 19.5 Å². The molecule has 0 bridgehead atoms. The maximum absolute atomic E-state index is 12.8. The third kappa shape index (κ3) is 3.59. The predicted octanol–water partition coefficient (Wildman–Crippen LogP) is 1.99. The lowest BCUT2D eigenvalue weighted by Crippen LogP contribution is -2.36. The Balaban J connectivity index is 1.47. The van der Waals surface area contributed by atoms with E-state index in [1.807, 2.05) is 30.3 Å². The molecule has 0 saturated heterocycles. The first-order valence-electron chi connectivity index (χ1n) is 8.62. The van der Waals surface area contributed by atoms with E-state index in [-0.39, 0.29) is 11.9 Å². The number of ether oxygens (including phenoxy) is 2. The molecule has 0 radical (unpaired) electrons. The number of aromatic nitrogens is 4. The number of amides is 1. The van der Waals surface area contributed by atoms with Crippen molar-refractivity contribution >= 4 is 5.91 Å². The van der Waals surface area contributed by atoms with Crippen LogP contribution in [0.25, 0.3) is 0 Å². The molecule has 1 aliphatic heterocycles. The Morgan fingerprint density at radius 1 is 1.22 bits per heavy atom. The summed E-state index contributed by atoms with van der Waals surface area (Å²) >= 11 is 0. The molecule has 0 atom stereocenters. The number of fused-ring (bicyclic) bond motifs is 1. The van der Waals surface area contributed by atoms with Gasteiger partial charge in [0.25, 0.3) is 5.91 Å². The van der Waals surface area contributed by atoms with E-state index in [9.17, 15) is 4.79 Å². The van der Waals surface area contributed by atoms with E-state index < -0.39 is 0 Å². The summed E-state index contributed by atoms with van der Waals surface area (Å²) in [5, 5.41) is 7.44. The average Bonchev–Trinajstić information content (AvgIpc) is 3.15. The molecule has 1 amide bonds. The summed E-state index contributed by atoms with van der Waals surface area (Å²) in [5.41, 5.74) is 3.32. The zero-order chi connectivity index (χ0) is 18.6. The van der Waals surface area contributed by atoms with Crippen LogP contribution in [0, 0.1) is 0 Å². The van der Waals surface area contributed by atoms with Crippen molar-refractivity contribution in [3.63, 3.8) is 0 Å². The molecule has 27 heavy (non-hydrogen) atoms. The molecule has 2 aromatic heterocycles. The number of carbonyl (C=O) groups excluding carboxylic acids is 1.